The zero-order valence-electron chi connectivity index (χ0n) is 4.58. The van der Waals surface area contributed by atoms with Crippen LogP contribution in [0.1, 0.15) is 0 Å². The zero-order valence-corrected chi connectivity index (χ0v) is 7.74. The third-order valence-electron chi connectivity index (χ3n) is 0.989. The fourth-order valence-electron chi connectivity index (χ4n) is 0.649. The van der Waals surface area contributed by atoms with Gasteiger partial charge in [0.25, 0.3) is 0 Å². The molecule has 52 valence electrons. The van der Waals surface area contributed by atoms with E-state index >= 15 is 0 Å². The van der Waals surface area contributed by atoms with Gasteiger partial charge < -0.3 is 0 Å². The summed E-state index contributed by atoms with van der Waals surface area (Å²) in [4.78, 5) is 4.79. The van der Waals surface area contributed by atoms with Crippen molar-refractivity contribution in [1.82, 2.24) is 14.6 Å². The number of imidazole rings is 1. The highest BCUT2D eigenvalue weighted by Gasteiger charge is 2.02. The number of hydrogen-bond donors (Lipinski definition) is 0. The lowest BCUT2D eigenvalue weighted by Crippen LogP contribution is -1.76. The molecule has 2 heterocycles. The molecule has 0 spiro atoms. The van der Waals surface area contributed by atoms with Gasteiger partial charge in [0.15, 0.2) is 9.07 Å². The highest BCUT2D eigenvalue weighted by atomic mass is 79.9. The third kappa shape index (κ3) is 0.941. The summed E-state index contributed by atoms with van der Waals surface area (Å²) in [5, 5.41) is 4.52. The van der Waals surface area contributed by atoms with Gasteiger partial charge in [-0.15, -0.1) is 5.10 Å². The molecule has 0 unspecified atom stereocenters. The van der Waals surface area contributed by atoms with Gasteiger partial charge in [-0.3, -0.25) is 0 Å². The summed E-state index contributed by atoms with van der Waals surface area (Å²) in [6.45, 7) is 0. The Morgan fingerprint density at radius 3 is 3.20 bits per heavy atom. The van der Waals surface area contributed by atoms with Crippen LogP contribution in [-0.2, 0) is 0 Å². The molecule has 2 aromatic heterocycles. The number of hydrogen-bond acceptors (Lipinski definition) is 3. The fourth-order valence-corrected chi connectivity index (χ4v) is 2.09. The van der Waals surface area contributed by atoms with Gasteiger partial charge in [-0.1, -0.05) is 22.9 Å². The maximum atomic E-state index is 5.60. The van der Waals surface area contributed by atoms with Crippen molar-refractivity contribution >= 4 is 43.8 Å². The molecule has 0 bridgehead atoms. The second-order valence-corrected chi connectivity index (χ2v) is 4.27. The minimum absolute atomic E-state index is 0.478. The minimum atomic E-state index is 0.478. The molecule has 0 amide bonds. The second kappa shape index (κ2) is 2.18. The Morgan fingerprint density at radius 2 is 2.50 bits per heavy atom. The lowest BCUT2D eigenvalue weighted by Gasteiger charge is -1.72. The van der Waals surface area contributed by atoms with Crippen molar-refractivity contribution in [3.8, 4) is 0 Å². The van der Waals surface area contributed by atoms with E-state index in [0.29, 0.717) is 5.15 Å². The molecule has 10 heavy (non-hydrogen) atoms. The summed E-state index contributed by atoms with van der Waals surface area (Å²) in [6, 6.07) is 0. The topological polar surface area (TPSA) is 30.2 Å². The van der Waals surface area contributed by atoms with E-state index in [0.717, 1.165) is 8.88 Å². The Labute approximate surface area is 73.8 Å². The molecule has 0 N–H and O–H groups in total. The van der Waals surface area contributed by atoms with Gasteiger partial charge in [-0.25, -0.2) is 9.50 Å². The minimum Gasteiger partial charge on any atom is -0.209 e. The van der Waals surface area contributed by atoms with Gasteiger partial charge in [-0.2, -0.15) is 0 Å². The third-order valence-corrected chi connectivity index (χ3v) is 2.53. The maximum absolute atomic E-state index is 5.60. The van der Waals surface area contributed by atoms with E-state index < -0.39 is 0 Å². The first-order valence-electron chi connectivity index (χ1n) is 2.43. The van der Waals surface area contributed by atoms with E-state index in [9.17, 15) is 0 Å². The number of nitrogens with zero attached hydrogens (tertiary/aromatic N) is 3. The van der Waals surface area contributed by atoms with Gasteiger partial charge in [0.1, 0.15) is 0 Å². The van der Waals surface area contributed by atoms with Crippen LogP contribution in [0, 0.1) is 0 Å². The molecule has 0 aliphatic heterocycles. The van der Waals surface area contributed by atoms with Crippen molar-refractivity contribution in [3.05, 3.63) is 15.3 Å². The molecule has 0 radical (unpaired) electrons. The monoisotopic (exact) mass is 237 g/mol. The highest BCUT2D eigenvalue weighted by Crippen LogP contribution is 2.20. The summed E-state index contributed by atoms with van der Waals surface area (Å²) in [5.41, 5.74) is 0. The van der Waals surface area contributed by atoms with Crippen LogP contribution in [0.2, 0.25) is 5.15 Å². The Hall–Kier alpha value is -0.130. The predicted octanol–water partition coefficient (Wildman–Crippen LogP) is 2.21. The number of halogens is 2. The molecule has 6 heteroatoms. The standard InChI is InChI=1S/C4HBrClN3S/c5-3-8-9-1-2(6)7-4(9)10-3/h1H. The largest absolute Gasteiger partial charge is 0.214 e. The van der Waals surface area contributed by atoms with Crippen LogP contribution in [-0.4, -0.2) is 14.6 Å². The van der Waals surface area contributed by atoms with E-state index in [1.54, 1.807) is 10.7 Å². The summed E-state index contributed by atoms with van der Waals surface area (Å²) in [6.07, 6.45) is 1.66. The number of rotatable bonds is 0. The zero-order chi connectivity index (χ0) is 7.14. The summed E-state index contributed by atoms with van der Waals surface area (Å²) >= 11 is 10.3. The highest BCUT2D eigenvalue weighted by molar-refractivity contribution is 9.11. The lowest BCUT2D eigenvalue weighted by atomic mass is 10.9. The molecule has 0 saturated heterocycles. The first-order valence-corrected chi connectivity index (χ1v) is 4.41. The van der Waals surface area contributed by atoms with E-state index in [1.165, 1.54) is 11.3 Å². The van der Waals surface area contributed by atoms with Crippen molar-refractivity contribution < 1.29 is 0 Å². The lowest BCUT2D eigenvalue weighted by molar-refractivity contribution is 0.959. The molecular formula is C4HBrClN3S. The summed E-state index contributed by atoms with van der Waals surface area (Å²) < 4.78 is 2.45. The molecule has 0 fully saturated rings. The maximum Gasteiger partial charge on any atom is 0.214 e. The van der Waals surface area contributed by atoms with Gasteiger partial charge in [0.05, 0.1) is 6.20 Å². The first kappa shape index (κ1) is 6.57. The fraction of sp³-hybridized carbons (Fsp3) is 0. The van der Waals surface area contributed by atoms with Crippen LogP contribution >= 0.6 is 38.9 Å². The molecule has 3 nitrogen and oxygen atoms in total. The average molecular weight is 238 g/mol. The van der Waals surface area contributed by atoms with Gasteiger partial charge in [0.2, 0.25) is 4.96 Å². The molecular weight excluding hydrogens is 237 g/mol. The van der Waals surface area contributed by atoms with Crippen LogP contribution < -0.4 is 0 Å². The molecule has 0 aliphatic rings. The Bertz CT molecular complexity index is 304. The van der Waals surface area contributed by atoms with Crippen LogP contribution in [0.5, 0.6) is 0 Å². The van der Waals surface area contributed by atoms with Crippen molar-refractivity contribution in [3.63, 3.8) is 0 Å². The first-order chi connectivity index (χ1) is 4.75. The van der Waals surface area contributed by atoms with Gasteiger partial charge in [0, 0.05) is 0 Å². The van der Waals surface area contributed by atoms with Crippen molar-refractivity contribution in [2.24, 2.45) is 0 Å². The van der Waals surface area contributed by atoms with Crippen LogP contribution in [0.3, 0.4) is 0 Å². The molecule has 0 atom stereocenters. The van der Waals surface area contributed by atoms with Crippen molar-refractivity contribution in [2.45, 2.75) is 0 Å². The summed E-state index contributed by atoms with van der Waals surface area (Å²) in [5.74, 6) is 0. The van der Waals surface area contributed by atoms with Gasteiger partial charge in [-0.05, 0) is 15.9 Å². The SMILES string of the molecule is Clc1cn2nc(Br)sc2n1. The quantitative estimate of drug-likeness (QED) is 0.704. The molecule has 0 saturated carbocycles. The van der Waals surface area contributed by atoms with Crippen LogP contribution in [0.4, 0.5) is 0 Å². The second-order valence-electron chi connectivity index (χ2n) is 1.65. The molecule has 2 aromatic rings. The number of aromatic nitrogens is 3. The van der Waals surface area contributed by atoms with Crippen LogP contribution in [0.15, 0.2) is 10.1 Å². The van der Waals surface area contributed by atoms with E-state index in [4.69, 9.17) is 11.6 Å². The van der Waals surface area contributed by atoms with E-state index in [-0.39, 0.29) is 0 Å². The van der Waals surface area contributed by atoms with Crippen molar-refractivity contribution in [1.29, 1.82) is 0 Å². The Kier molecular flexibility index (Phi) is 1.43. The van der Waals surface area contributed by atoms with E-state index in [1.807, 2.05) is 0 Å². The Morgan fingerprint density at radius 1 is 1.70 bits per heavy atom. The average Bonchev–Trinajstić information content (AvgIpc) is 2.21. The van der Waals surface area contributed by atoms with Crippen molar-refractivity contribution in [2.75, 3.05) is 0 Å². The smallest absolute Gasteiger partial charge is 0.209 e. The van der Waals surface area contributed by atoms with Crippen LogP contribution in [0.25, 0.3) is 4.96 Å². The molecule has 2 rings (SSSR count). The Balaban J connectivity index is 2.83. The van der Waals surface area contributed by atoms with Gasteiger partial charge >= 0.3 is 0 Å². The predicted molar refractivity (Wildman–Crippen MR) is 43.6 cm³/mol. The molecule has 0 aromatic carbocycles. The van der Waals surface area contributed by atoms with E-state index in [2.05, 4.69) is 26.0 Å². The summed E-state index contributed by atoms with van der Waals surface area (Å²) in [7, 11) is 0. The number of fused-ring (bicyclic) bond motifs is 1. The normalized spacial score (nSPS) is 11.0. The molecule has 0 aliphatic carbocycles.